The van der Waals surface area contributed by atoms with Crippen LogP contribution in [-0.2, 0) is 10.0 Å². The summed E-state index contributed by atoms with van der Waals surface area (Å²) in [5, 5.41) is 2.42. The first-order chi connectivity index (χ1) is 12.3. The molecule has 0 aliphatic heterocycles. The molecule has 0 heterocycles. The summed E-state index contributed by atoms with van der Waals surface area (Å²) in [6.45, 7) is 0. The number of methoxy groups -OCH3 is 1. The number of rotatable bonds is 6. The van der Waals surface area contributed by atoms with Gasteiger partial charge in [0.05, 0.1) is 17.7 Å². The Morgan fingerprint density at radius 1 is 1.12 bits per heavy atom. The molecule has 0 unspecified atom stereocenters. The molecule has 1 aliphatic rings. The summed E-state index contributed by atoms with van der Waals surface area (Å²) < 4.78 is 58.9. The predicted molar refractivity (Wildman–Crippen MR) is 90.6 cm³/mol. The molecule has 1 saturated carbocycles. The first-order valence-electron chi connectivity index (χ1n) is 7.76. The Morgan fingerprint density at radius 2 is 1.77 bits per heavy atom. The molecule has 0 spiro atoms. The molecule has 6 nitrogen and oxygen atoms in total. The lowest BCUT2D eigenvalue weighted by Crippen LogP contribution is -2.26. The third kappa shape index (κ3) is 4.17. The molecule has 0 radical (unpaired) electrons. The van der Waals surface area contributed by atoms with E-state index in [1.807, 2.05) is 0 Å². The van der Waals surface area contributed by atoms with Crippen molar-refractivity contribution in [3.63, 3.8) is 0 Å². The quantitative estimate of drug-likeness (QED) is 0.805. The fourth-order valence-corrected chi connectivity index (χ4v) is 3.65. The van der Waals surface area contributed by atoms with E-state index in [-0.39, 0.29) is 27.9 Å². The molecule has 2 aromatic rings. The van der Waals surface area contributed by atoms with Crippen LogP contribution >= 0.6 is 0 Å². The second-order valence-corrected chi connectivity index (χ2v) is 7.58. The maximum absolute atomic E-state index is 13.3. The number of ether oxygens (including phenoxy) is 1. The van der Waals surface area contributed by atoms with Crippen molar-refractivity contribution in [1.29, 1.82) is 0 Å². The van der Waals surface area contributed by atoms with Gasteiger partial charge in [0.2, 0.25) is 10.0 Å². The number of amides is 1. The maximum atomic E-state index is 13.3. The third-order valence-electron chi connectivity index (χ3n) is 3.75. The first-order valence-corrected chi connectivity index (χ1v) is 9.24. The molecule has 3 rings (SSSR count). The Labute approximate surface area is 149 Å². The van der Waals surface area contributed by atoms with Gasteiger partial charge in [-0.05, 0) is 43.2 Å². The van der Waals surface area contributed by atoms with E-state index < -0.39 is 27.6 Å². The van der Waals surface area contributed by atoms with E-state index in [9.17, 15) is 22.0 Å². The summed E-state index contributed by atoms with van der Waals surface area (Å²) in [4.78, 5) is 12.2. The number of halogens is 2. The van der Waals surface area contributed by atoms with E-state index in [4.69, 9.17) is 4.74 Å². The average Bonchev–Trinajstić information content (AvgIpc) is 3.37. The van der Waals surface area contributed by atoms with Gasteiger partial charge in [-0.1, -0.05) is 0 Å². The summed E-state index contributed by atoms with van der Waals surface area (Å²) in [6, 6.07) is 6.30. The molecule has 9 heteroatoms. The number of carbonyl (C=O) groups excluding carboxylic acids is 1. The predicted octanol–water partition coefficient (Wildman–Crippen LogP) is 2.67. The Morgan fingerprint density at radius 3 is 2.35 bits per heavy atom. The Kier molecular flexibility index (Phi) is 4.92. The van der Waals surface area contributed by atoms with Gasteiger partial charge in [-0.15, -0.1) is 0 Å². The summed E-state index contributed by atoms with van der Waals surface area (Å²) >= 11 is 0. The molecule has 1 aliphatic carbocycles. The van der Waals surface area contributed by atoms with Gasteiger partial charge >= 0.3 is 0 Å². The molecule has 0 bridgehead atoms. The minimum Gasteiger partial charge on any atom is -0.495 e. The molecule has 0 saturated heterocycles. The largest absolute Gasteiger partial charge is 0.495 e. The van der Waals surface area contributed by atoms with Crippen molar-refractivity contribution < 1.29 is 26.7 Å². The summed E-state index contributed by atoms with van der Waals surface area (Å²) in [5.74, 6) is -2.38. The number of carbonyl (C=O) groups is 1. The smallest absolute Gasteiger partial charge is 0.255 e. The van der Waals surface area contributed by atoms with Crippen molar-refractivity contribution in [2.75, 3.05) is 12.4 Å². The molecule has 2 N–H and O–H groups in total. The van der Waals surface area contributed by atoms with E-state index in [0.717, 1.165) is 25.0 Å². The molecular formula is C17H16F2N2O4S. The highest BCUT2D eigenvalue weighted by Gasteiger charge is 2.28. The van der Waals surface area contributed by atoms with E-state index >= 15 is 0 Å². The van der Waals surface area contributed by atoms with Crippen molar-refractivity contribution in [2.45, 2.75) is 23.8 Å². The highest BCUT2D eigenvalue weighted by molar-refractivity contribution is 7.89. The van der Waals surface area contributed by atoms with Crippen LogP contribution in [0.3, 0.4) is 0 Å². The van der Waals surface area contributed by atoms with Gasteiger partial charge in [-0.3, -0.25) is 4.79 Å². The number of nitrogens with one attached hydrogen (secondary N) is 2. The van der Waals surface area contributed by atoms with E-state index in [0.29, 0.717) is 6.07 Å². The lowest BCUT2D eigenvalue weighted by Gasteiger charge is -2.13. The number of benzene rings is 2. The molecule has 1 fully saturated rings. The average molecular weight is 382 g/mol. The van der Waals surface area contributed by atoms with Crippen LogP contribution in [0.4, 0.5) is 14.5 Å². The van der Waals surface area contributed by atoms with Gasteiger partial charge in [0.25, 0.3) is 5.91 Å². The van der Waals surface area contributed by atoms with Crippen LogP contribution in [0.5, 0.6) is 5.75 Å². The van der Waals surface area contributed by atoms with Gasteiger partial charge in [0.15, 0.2) is 0 Å². The first kappa shape index (κ1) is 18.3. The molecule has 0 atom stereocenters. The minimum atomic E-state index is -3.74. The number of hydrogen-bond acceptors (Lipinski definition) is 4. The van der Waals surface area contributed by atoms with E-state index in [2.05, 4.69) is 10.0 Å². The molecule has 138 valence electrons. The Balaban J connectivity index is 1.90. The lowest BCUT2D eigenvalue weighted by molar-refractivity contribution is 0.102. The normalized spacial score (nSPS) is 14.1. The minimum absolute atomic E-state index is 0.0501. The van der Waals surface area contributed by atoms with Gasteiger partial charge < -0.3 is 10.1 Å². The van der Waals surface area contributed by atoms with Crippen LogP contribution in [-0.4, -0.2) is 27.5 Å². The second kappa shape index (κ2) is 7.00. The lowest BCUT2D eigenvalue weighted by atomic mass is 10.2. The van der Waals surface area contributed by atoms with Gasteiger partial charge in [-0.2, -0.15) is 0 Å². The fraction of sp³-hybridized carbons (Fsp3) is 0.235. The monoisotopic (exact) mass is 382 g/mol. The highest BCUT2D eigenvalue weighted by atomic mass is 32.2. The molecule has 2 aromatic carbocycles. The van der Waals surface area contributed by atoms with Gasteiger partial charge in [-0.25, -0.2) is 21.9 Å². The molecule has 26 heavy (non-hydrogen) atoms. The van der Waals surface area contributed by atoms with Crippen LogP contribution in [0.25, 0.3) is 0 Å². The molecule has 0 aromatic heterocycles. The van der Waals surface area contributed by atoms with Crippen molar-refractivity contribution in [2.24, 2.45) is 0 Å². The van der Waals surface area contributed by atoms with E-state index in [1.165, 1.54) is 25.3 Å². The number of sulfonamides is 1. The summed E-state index contributed by atoms with van der Waals surface area (Å²) in [7, 11) is -2.38. The van der Waals surface area contributed by atoms with Crippen LogP contribution in [0.1, 0.15) is 23.2 Å². The van der Waals surface area contributed by atoms with Crippen LogP contribution in [0, 0.1) is 11.6 Å². The zero-order valence-corrected chi connectivity index (χ0v) is 14.6. The number of hydrogen-bond donors (Lipinski definition) is 2. The topological polar surface area (TPSA) is 84.5 Å². The molecular weight excluding hydrogens is 366 g/mol. The zero-order chi connectivity index (χ0) is 18.9. The zero-order valence-electron chi connectivity index (χ0n) is 13.8. The summed E-state index contributed by atoms with van der Waals surface area (Å²) in [6.07, 6.45) is 1.56. The van der Waals surface area contributed by atoms with Crippen LogP contribution < -0.4 is 14.8 Å². The third-order valence-corrected chi connectivity index (χ3v) is 5.27. The highest BCUT2D eigenvalue weighted by Crippen LogP contribution is 2.29. The van der Waals surface area contributed by atoms with Crippen molar-refractivity contribution in [3.05, 3.63) is 53.6 Å². The SMILES string of the molecule is COc1ccc(S(=O)(=O)NC2CC2)cc1NC(=O)c1cc(F)cc(F)c1. The standard InChI is InChI=1S/C17H16F2N2O4S/c1-25-16-5-4-14(26(23,24)21-13-2-3-13)9-15(16)20-17(22)10-6-11(18)8-12(19)7-10/h4-9,13,21H,2-3H2,1H3,(H,20,22). The number of anilines is 1. The molecule has 1 amide bonds. The van der Waals surface area contributed by atoms with Crippen LogP contribution in [0.15, 0.2) is 41.3 Å². The van der Waals surface area contributed by atoms with Crippen molar-refractivity contribution >= 4 is 21.6 Å². The van der Waals surface area contributed by atoms with Gasteiger partial charge in [0, 0.05) is 17.7 Å². The van der Waals surface area contributed by atoms with Crippen molar-refractivity contribution in [3.8, 4) is 5.75 Å². The van der Waals surface area contributed by atoms with Crippen molar-refractivity contribution in [1.82, 2.24) is 4.72 Å². The van der Waals surface area contributed by atoms with E-state index in [1.54, 1.807) is 0 Å². The maximum Gasteiger partial charge on any atom is 0.255 e. The van der Waals surface area contributed by atoms with Gasteiger partial charge in [0.1, 0.15) is 17.4 Å². The van der Waals surface area contributed by atoms with Crippen LogP contribution in [0.2, 0.25) is 0 Å². The summed E-state index contributed by atoms with van der Waals surface area (Å²) in [5.41, 5.74) is -0.172. The Bertz CT molecular complexity index is 939. The fourth-order valence-electron chi connectivity index (χ4n) is 2.32. The Hall–Kier alpha value is -2.52. The second-order valence-electron chi connectivity index (χ2n) is 5.87.